The lowest BCUT2D eigenvalue weighted by atomic mass is 9.97. The minimum atomic E-state index is -0.0449. The number of benzene rings is 4. The summed E-state index contributed by atoms with van der Waals surface area (Å²) in [7, 11) is 0. The highest BCUT2D eigenvalue weighted by Crippen LogP contribution is 2.36. The molecule has 0 saturated heterocycles. The van der Waals surface area contributed by atoms with Crippen molar-refractivity contribution in [2.45, 2.75) is 34.1 Å². The van der Waals surface area contributed by atoms with Crippen LogP contribution in [-0.2, 0) is 11.2 Å². The predicted molar refractivity (Wildman–Crippen MR) is 163 cm³/mol. The van der Waals surface area contributed by atoms with E-state index in [1.54, 1.807) is 0 Å². The molecule has 4 aromatic carbocycles. The molecular weight excluding hydrogens is 496 g/mol. The zero-order valence-electron chi connectivity index (χ0n) is 23.6. The number of H-pyrrole nitrogens is 1. The molecule has 5 rings (SSSR count). The summed E-state index contributed by atoms with van der Waals surface area (Å²) in [4.78, 5) is 16.0. The predicted octanol–water partition coefficient (Wildman–Crippen LogP) is 6.99. The maximum Gasteiger partial charge on any atom is 0.228 e. The molecular formula is C33H36N6O. The molecule has 0 spiro atoms. The summed E-state index contributed by atoms with van der Waals surface area (Å²) in [6, 6.07) is 28.7. The molecule has 0 aliphatic heterocycles. The van der Waals surface area contributed by atoms with Gasteiger partial charge in [-0.25, -0.2) is 5.10 Å². The van der Waals surface area contributed by atoms with Gasteiger partial charge in [-0.1, -0.05) is 100 Å². The second-order valence-electron chi connectivity index (χ2n) is 11.1. The number of hydrogen-bond acceptors (Lipinski definition) is 5. The molecule has 0 aliphatic carbocycles. The van der Waals surface area contributed by atoms with Crippen LogP contribution < -0.4 is 10.2 Å². The number of anilines is 2. The number of hydrogen-bond donors (Lipinski definition) is 2. The lowest BCUT2D eigenvalue weighted by molar-refractivity contribution is -0.115. The maximum atomic E-state index is 13.6. The SMILES string of the molecule is CC(C)CN(CC(C)C)c1ccc(-c2ccccc2-c2nnn[nH]2)cc1NC(=O)Cc1cccc2ccccc12. The van der Waals surface area contributed by atoms with Crippen molar-refractivity contribution < 1.29 is 4.79 Å². The highest BCUT2D eigenvalue weighted by Gasteiger charge is 2.19. The molecule has 204 valence electrons. The van der Waals surface area contributed by atoms with Crippen molar-refractivity contribution in [2.75, 3.05) is 23.3 Å². The lowest BCUT2D eigenvalue weighted by Crippen LogP contribution is -2.32. The van der Waals surface area contributed by atoms with E-state index in [-0.39, 0.29) is 5.91 Å². The summed E-state index contributed by atoms with van der Waals surface area (Å²) < 4.78 is 0. The third-order valence-electron chi connectivity index (χ3n) is 6.85. The number of nitrogens with zero attached hydrogens (tertiary/aromatic N) is 4. The van der Waals surface area contributed by atoms with Crippen molar-refractivity contribution in [3.63, 3.8) is 0 Å². The Balaban J connectivity index is 1.54. The minimum absolute atomic E-state index is 0.0449. The van der Waals surface area contributed by atoms with Crippen molar-refractivity contribution in [3.8, 4) is 22.5 Å². The number of aromatic amines is 1. The smallest absolute Gasteiger partial charge is 0.228 e. The molecule has 0 fully saturated rings. The topological polar surface area (TPSA) is 86.8 Å². The van der Waals surface area contributed by atoms with Gasteiger partial charge in [-0.3, -0.25) is 4.79 Å². The quantitative estimate of drug-likeness (QED) is 0.202. The van der Waals surface area contributed by atoms with Crippen LogP contribution in [0.15, 0.2) is 84.9 Å². The van der Waals surface area contributed by atoms with E-state index in [0.717, 1.165) is 57.5 Å². The number of carbonyl (C=O) groups is 1. The van der Waals surface area contributed by atoms with Crippen LogP contribution in [0.1, 0.15) is 33.3 Å². The molecule has 7 heteroatoms. The molecule has 7 nitrogen and oxygen atoms in total. The van der Waals surface area contributed by atoms with Gasteiger partial charge in [0.05, 0.1) is 17.8 Å². The molecule has 5 aromatic rings. The Morgan fingerprint density at radius 1 is 0.850 bits per heavy atom. The molecule has 0 radical (unpaired) electrons. The number of amides is 1. The van der Waals surface area contributed by atoms with Crippen molar-refractivity contribution in [1.82, 2.24) is 20.6 Å². The number of tetrazole rings is 1. The second kappa shape index (κ2) is 12.1. The Kier molecular flexibility index (Phi) is 8.20. The standard InChI is InChI=1S/C33H36N6O/c1-22(2)20-39(21-23(3)4)31-17-16-26(28-14-7-8-15-29(28)33-35-37-38-36-33)18-30(31)34-32(40)19-25-12-9-11-24-10-5-6-13-27(24)25/h5-18,22-23H,19-21H2,1-4H3,(H,34,40)(H,35,36,37,38). The molecule has 0 unspecified atom stereocenters. The van der Waals surface area contributed by atoms with Crippen LogP contribution in [-0.4, -0.2) is 39.6 Å². The number of fused-ring (bicyclic) bond motifs is 1. The van der Waals surface area contributed by atoms with Gasteiger partial charge in [0.2, 0.25) is 5.91 Å². The molecule has 0 atom stereocenters. The van der Waals surface area contributed by atoms with E-state index in [4.69, 9.17) is 0 Å². The van der Waals surface area contributed by atoms with Crippen LogP contribution in [0.3, 0.4) is 0 Å². The van der Waals surface area contributed by atoms with Gasteiger partial charge < -0.3 is 10.2 Å². The van der Waals surface area contributed by atoms with Gasteiger partial charge in [0.25, 0.3) is 0 Å². The first-order valence-electron chi connectivity index (χ1n) is 13.9. The van der Waals surface area contributed by atoms with Gasteiger partial charge in [0.15, 0.2) is 5.82 Å². The highest BCUT2D eigenvalue weighted by atomic mass is 16.1. The van der Waals surface area contributed by atoms with E-state index >= 15 is 0 Å². The van der Waals surface area contributed by atoms with Crippen LogP contribution in [0.4, 0.5) is 11.4 Å². The largest absolute Gasteiger partial charge is 0.369 e. The number of aromatic nitrogens is 4. The summed E-state index contributed by atoms with van der Waals surface area (Å²) in [6.45, 7) is 10.7. The third kappa shape index (κ3) is 6.20. The van der Waals surface area contributed by atoms with Crippen LogP contribution >= 0.6 is 0 Å². The van der Waals surface area contributed by atoms with Crippen LogP contribution in [0.2, 0.25) is 0 Å². The Hall–Kier alpha value is -4.52. The summed E-state index contributed by atoms with van der Waals surface area (Å²) >= 11 is 0. The first kappa shape index (κ1) is 27.1. The molecule has 2 N–H and O–H groups in total. The van der Waals surface area contributed by atoms with Crippen molar-refractivity contribution in [2.24, 2.45) is 11.8 Å². The Bertz CT molecular complexity index is 1580. The Morgan fingerprint density at radius 3 is 2.27 bits per heavy atom. The summed E-state index contributed by atoms with van der Waals surface area (Å²) in [5.74, 6) is 1.49. The van der Waals surface area contributed by atoms with Crippen LogP contribution in [0.25, 0.3) is 33.3 Å². The first-order chi connectivity index (χ1) is 19.4. The molecule has 40 heavy (non-hydrogen) atoms. The van der Waals surface area contributed by atoms with E-state index in [0.29, 0.717) is 24.1 Å². The second-order valence-corrected chi connectivity index (χ2v) is 11.1. The van der Waals surface area contributed by atoms with Crippen molar-refractivity contribution in [3.05, 3.63) is 90.5 Å². The lowest BCUT2D eigenvalue weighted by Gasteiger charge is -2.31. The fourth-order valence-corrected chi connectivity index (χ4v) is 5.26. The molecule has 1 heterocycles. The van der Waals surface area contributed by atoms with E-state index < -0.39 is 0 Å². The van der Waals surface area contributed by atoms with Crippen LogP contribution in [0.5, 0.6) is 0 Å². The molecule has 1 amide bonds. The van der Waals surface area contributed by atoms with Gasteiger partial charge in [0, 0.05) is 18.7 Å². The molecule has 0 aliphatic rings. The third-order valence-corrected chi connectivity index (χ3v) is 6.85. The number of rotatable bonds is 10. The maximum absolute atomic E-state index is 13.6. The zero-order valence-corrected chi connectivity index (χ0v) is 23.6. The Labute approximate surface area is 235 Å². The van der Waals surface area contributed by atoms with E-state index in [1.807, 2.05) is 42.5 Å². The van der Waals surface area contributed by atoms with E-state index in [9.17, 15) is 4.79 Å². The van der Waals surface area contributed by atoms with Gasteiger partial charge in [-0.2, -0.15) is 0 Å². The van der Waals surface area contributed by atoms with E-state index in [1.165, 1.54) is 0 Å². The summed E-state index contributed by atoms with van der Waals surface area (Å²) in [5, 5.41) is 20.0. The first-order valence-corrected chi connectivity index (χ1v) is 13.9. The zero-order chi connectivity index (χ0) is 28.1. The molecule has 0 bridgehead atoms. The number of nitrogens with one attached hydrogen (secondary N) is 2. The van der Waals surface area contributed by atoms with Gasteiger partial charge in [-0.05, 0) is 61.9 Å². The fourth-order valence-electron chi connectivity index (χ4n) is 5.26. The number of carbonyl (C=O) groups excluding carboxylic acids is 1. The molecule has 1 aromatic heterocycles. The fraction of sp³-hybridized carbons (Fsp3) is 0.273. The average molecular weight is 533 g/mol. The van der Waals surface area contributed by atoms with Gasteiger partial charge in [0.1, 0.15) is 0 Å². The van der Waals surface area contributed by atoms with Gasteiger partial charge in [-0.15, -0.1) is 5.10 Å². The van der Waals surface area contributed by atoms with Crippen LogP contribution in [0, 0.1) is 11.8 Å². The summed E-state index contributed by atoms with van der Waals surface area (Å²) in [6.07, 6.45) is 0.291. The van der Waals surface area contributed by atoms with Crippen molar-refractivity contribution >= 4 is 28.1 Å². The Morgan fingerprint density at radius 2 is 1.55 bits per heavy atom. The van der Waals surface area contributed by atoms with Gasteiger partial charge >= 0.3 is 0 Å². The normalized spacial score (nSPS) is 11.3. The summed E-state index contributed by atoms with van der Waals surface area (Å²) in [5.41, 5.74) is 5.69. The minimum Gasteiger partial charge on any atom is -0.369 e. The average Bonchev–Trinajstić information content (AvgIpc) is 3.47. The molecule has 0 saturated carbocycles. The monoisotopic (exact) mass is 532 g/mol. The van der Waals surface area contributed by atoms with Crippen molar-refractivity contribution in [1.29, 1.82) is 0 Å². The van der Waals surface area contributed by atoms with E-state index in [2.05, 4.69) is 101 Å². The highest BCUT2D eigenvalue weighted by molar-refractivity contribution is 5.99.